The molecule has 96 valence electrons. The lowest BCUT2D eigenvalue weighted by molar-refractivity contribution is 0.601. The number of benzene rings is 1. The molecule has 0 saturated carbocycles. The summed E-state index contributed by atoms with van der Waals surface area (Å²) < 4.78 is 22.9. The normalized spacial score (nSPS) is 21.5. The van der Waals surface area contributed by atoms with Gasteiger partial charge in [-0.25, -0.2) is 8.42 Å². The minimum atomic E-state index is -2.87. The summed E-state index contributed by atoms with van der Waals surface area (Å²) in [5, 5.41) is 8.89. The summed E-state index contributed by atoms with van der Waals surface area (Å²) in [5.41, 5.74) is 2.54. The monoisotopic (exact) mass is 264 g/mol. The maximum absolute atomic E-state index is 11.5. The summed E-state index contributed by atoms with van der Waals surface area (Å²) in [4.78, 5) is 2.00. The van der Waals surface area contributed by atoms with E-state index < -0.39 is 9.84 Å². The highest BCUT2D eigenvalue weighted by molar-refractivity contribution is 7.91. The number of hydrogen-bond acceptors (Lipinski definition) is 4. The van der Waals surface area contributed by atoms with E-state index in [9.17, 15) is 8.42 Å². The van der Waals surface area contributed by atoms with Gasteiger partial charge in [-0.05, 0) is 37.1 Å². The molecule has 4 nitrogen and oxygen atoms in total. The Bertz CT molecular complexity index is 602. The first-order chi connectivity index (χ1) is 8.43. The molecule has 1 fully saturated rings. The van der Waals surface area contributed by atoms with Gasteiger partial charge in [0.15, 0.2) is 9.84 Å². The summed E-state index contributed by atoms with van der Waals surface area (Å²) >= 11 is 0. The number of anilines is 1. The second-order valence-corrected chi connectivity index (χ2v) is 7.01. The van der Waals surface area contributed by atoms with Crippen molar-refractivity contribution in [3.63, 3.8) is 0 Å². The van der Waals surface area contributed by atoms with Crippen molar-refractivity contribution in [1.82, 2.24) is 0 Å². The molecule has 1 heterocycles. The molecule has 1 aromatic carbocycles. The third-order valence-corrected chi connectivity index (χ3v) is 5.24. The van der Waals surface area contributed by atoms with Crippen LogP contribution in [0.5, 0.6) is 0 Å². The predicted molar refractivity (Wildman–Crippen MR) is 71.4 cm³/mol. The van der Waals surface area contributed by atoms with Gasteiger partial charge in [0.2, 0.25) is 0 Å². The topological polar surface area (TPSA) is 61.2 Å². The Morgan fingerprint density at radius 2 is 2.17 bits per heavy atom. The zero-order valence-corrected chi connectivity index (χ0v) is 11.4. The quantitative estimate of drug-likeness (QED) is 0.812. The molecule has 1 aromatic rings. The second-order valence-electron chi connectivity index (χ2n) is 4.78. The summed E-state index contributed by atoms with van der Waals surface area (Å²) in [6.07, 6.45) is 0.678. The molecule has 0 bridgehead atoms. The maximum Gasteiger partial charge on any atom is 0.152 e. The Balaban J connectivity index is 2.22. The van der Waals surface area contributed by atoms with Crippen LogP contribution in [0, 0.1) is 18.3 Å². The summed E-state index contributed by atoms with van der Waals surface area (Å²) in [6.45, 7) is 1.89. The number of rotatable bonds is 2. The van der Waals surface area contributed by atoms with Crippen molar-refractivity contribution in [2.75, 3.05) is 23.5 Å². The first kappa shape index (κ1) is 12.9. The Labute approximate surface area is 108 Å². The number of nitrogens with zero attached hydrogens (tertiary/aromatic N) is 2. The molecular formula is C13H16N2O2S. The van der Waals surface area contributed by atoms with Crippen LogP contribution in [0.3, 0.4) is 0 Å². The highest BCUT2D eigenvalue weighted by Crippen LogP contribution is 2.24. The number of nitriles is 1. The zero-order valence-electron chi connectivity index (χ0n) is 10.5. The Morgan fingerprint density at radius 1 is 1.44 bits per heavy atom. The van der Waals surface area contributed by atoms with E-state index in [1.165, 1.54) is 0 Å². The van der Waals surface area contributed by atoms with Crippen molar-refractivity contribution in [3.05, 3.63) is 29.3 Å². The van der Waals surface area contributed by atoms with Crippen molar-refractivity contribution >= 4 is 15.5 Å². The van der Waals surface area contributed by atoms with Crippen LogP contribution >= 0.6 is 0 Å². The fourth-order valence-corrected chi connectivity index (χ4v) is 4.06. The van der Waals surface area contributed by atoms with Crippen molar-refractivity contribution in [3.8, 4) is 6.07 Å². The molecule has 1 unspecified atom stereocenters. The second kappa shape index (κ2) is 4.62. The largest absolute Gasteiger partial charge is 0.371 e. The van der Waals surface area contributed by atoms with Gasteiger partial charge in [-0.2, -0.15) is 5.26 Å². The molecule has 1 saturated heterocycles. The van der Waals surface area contributed by atoms with E-state index in [1.54, 1.807) is 6.07 Å². The van der Waals surface area contributed by atoms with Gasteiger partial charge in [-0.1, -0.05) is 0 Å². The molecule has 0 aromatic heterocycles. The summed E-state index contributed by atoms with van der Waals surface area (Å²) in [5.74, 6) is 0.500. The first-order valence-electron chi connectivity index (χ1n) is 5.87. The highest BCUT2D eigenvalue weighted by Gasteiger charge is 2.30. The van der Waals surface area contributed by atoms with Gasteiger partial charge in [0.1, 0.15) is 0 Å². The van der Waals surface area contributed by atoms with Gasteiger partial charge in [-0.3, -0.25) is 0 Å². The summed E-state index contributed by atoms with van der Waals surface area (Å²) in [7, 11) is -0.956. The van der Waals surface area contributed by atoms with Crippen LogP contribution in [-0.2, 0) is 9.84 Å². The van der Waals surface area contributed by atoms with E-state index >= 15 is 0 Å². The smallest absolute Gasteiger partial charge is 0.152 e. The van der Waals surface area contributed by atoms with Gasteiger partial charge >= 0.3 is 0 Å². The maximum atomic E-state index is 11.5. The minimum absolute atomic E-state index is 0.0438. The summed E-state index contributed by atoms with van der Waals surface area (Å²) in [6, 6.07) is 7.76. The van der Waals surface area contributed by atoms with Crippen LogP contribution in [0.15, 0.2) is 18.2 Å². The zero-order chi connectivity index (χ0) is 13.3. The third kappa shape index (κ3) is 2.49. The molecule has 1 aliphatic rings. The molecule has 5 heteroatoms. The molecule has 18 heavy (non-hydrogen) atoms. The molecule has 0 aliphatic carbocycles. The molecular weight excluding hydrogens is 248 g/mol. The standard InChI is InChI=1S/C13H16N2O2S/c1-10-7-12(4-3-11(10)8-14)15(2)13-5-6-18(16,17)9-13/h3-4,7,13H,5-6,9H2,1-2H3. The molecule has 1 aliphatic heterocycles. The number of sulfone groups is 1. The fourth-order valence-electron chi connectivity index (χ4n) is 2.28. The van der Waals surface area contributed by atoms with Crippen molar-refractivity contribution in [2.24, 2.45) is 0 Å². The Hall–Kier alpha value is -1.54. The lowest BCUT2D eigenvalue weighted by atomic mass is 10.1. The van der Waals surface area contributed by atoms with Gasteiger partial charge in [-0.15, -0.1) is 0 Å². The van der Waals surface area contributed by atoms with Crippen LogP contribution in [0.4, 0.5) is 5.69 Å². The van der Waals surface area contributed by atoms with Gasteiger partial charge in [0.05, 0.1) is 23.1 Å². The minimum Gasteiger partial charge on any atom is -0.371 e. The average molecular weight is 264 g/mol. The lowest BCUT2D eigenvalue weighted by Crippen LogP contribution is -2.32. The SMILES string of the molecule is Cc1cc(N(C)C2CCS(=O)(=O)C2)ccc1C#N. The van der Waals surface area contributed by atoms with Gasteiger partial charge in [0, 0.05) is 18.8 Å². The van der Waals surface area contributed by atoms with Gasteiger partial charge < -0.3 is 4.90 Å². The first-order valence-corrected chi connectivity index (χ1v) is 7.69. The van der Waals surface area contributed by atoms with E-state index in [4.69, 9.17) is 5.26 Å². The molecule has 0 radical (unpaired) electrons. The van der Waals surface area contributed by atoms with E-state index in [2.05, 4.69) is 6.07 Å². The molecule has 1 atom stereocenters. The number of aryl methyl sites for hydroxylation is 1. The number of hydrogen-bond donors (Lipinski definition) is 0. The Morgan fingerprint density at radius 3 is 2.67 bits per heavy atom. The molecule has 0 amide bonds. The van der Waals surface area contributed by atoms with Crippen LogP contribution in [0.25, 0.3) is 0 Å². The van der Waals surface area contributed by atoms with Crippen LogP contribution in [0.2, 0.25) is 0 Å². The van der Waals surface area contributed by atoms with Crippen LogP contribution in [0.1, 0.15) is 17.5 Å². The van der Waals surface area contributed by atoms with Crippen molar-refractivity contribution in [1.29, 1.82) is 5.26 Å². The molecule has 0 spiro atoms. The van der Waals surface area contributed by atoms with E-state index in [-0.39, 0.29) is 17.5 Å². The fraction of sp³-hybridized carbons (Fsp3) is 0.462. The third-order valence-electron chi connectivity index (χ3n) is 3.49. The predicted octanol–water partition coefficient (Wildman–Crippen LogP) is 1.49. The highest BCUT2D eigenvalue weighted by atomic mass is 32.2. The molecule has 2 rings (SSSR count). The van der Waals surface area contributed by atoms with E-state index in [1.807, 2.05) is 31.0 Å². The van der Waals surface area contributed by atoms with E-state index in [0.29, 0.717) is 12.0 Å². The molecule has 0 N–H and O–H groups in total. The van der Waals surface area contributed by atoms with E-state index in [0.717, 1.165) is 11.3 Å². The van der Waals surface area contributed by atoms with Crippen LogP contribution < -0.4 is 4.90 Å². The van der Waals surface area contributed by atoms with Crippen molar-refractivity contribution in [2.45, 2.75) is 19.4 Å². The van der Waals surface area contributed by atoms with Crippen LogP contribution in [-0.4, -0.2) is 33.0 Å². The van der Waals surface area contributed by atoms with Crippen molar-refractivity contribution < 1.29 is 8.42 Å². The lowest BCUT2D eigenvalue weighted by Gasteiger charge is -2.26. The Kier molecular flexibility index (Phi) is 3.31. The average Bonchev–Trinajstić information content (AvgIpc) is 2.68. The van der Waals surface area contributed by atoms with Gasteiger partial charge in [0.25, 0.3) is 0 Å².